The van der Waals surface area contributed by atoms with Crippen LogP contribution >= 0.6 is 0 Å². The lowest BCUT2D eigenvalue weighted by molar-refractivity contribution is -0.153. The number of carboxylic acids is 1. The number of aromatic carboxylic acids is 1. The standard InChI is InChI=1S/C12H13F3O4/c1-2-5-18-8-3-4-9(11(16)17)10(6-8)19-7-12(13,14)15/h3-4,6H,2,5,7H2,1H3,(H,16,17). The topological polar surface area (TPSA) is 55.8 Å². The van der Waals surface area contributed by atoms with Crippen LogP contribution in [0, 0.1) is 0 Å². The van der Waals surface area contributed by atoms with Crippen LogP contribution in [-0.4, -0.2) is 30.5 Å². The molecule has 106 valence electrons. The van der Waals surface area contributed by atoms with E-state index in [4.69, 9.17) is 9.84 Å². The predicted molar refractivity (Wildman–Crippen MR) is 60.7 cm³/mol. The smallest absolute Gasteiger partial charge is 0.422 e. The summed E-state index contributed by atoms with van der Waals surface area (Å²) >= 11 is 0. The van der Waals surface area contributed by atoms with Gasteiger partial charge in [-0.3, -0.25) is 0 Å². The van der Waals surface area contributed by atoms with Crippen LogP contribution in [0.3, 0.4) is 0 Å². The van der Waals surface area contributed by atoms with E-state index < -0.39 is 18.8 Å². The quantitative estimate of drug-likeness (QED) is 0.868. The Morgan fingerprint density at radius 3 is 2.53 bits per heavy atom. The summed E-state index contributed by atoms with van der Waals surface area (Å²) in [6.45, 7) is 0.697. The number of hydrogen-bond acceptors (Lipinski definition) is 3. The van der Waals surface area contributed by atoms with Gasteiger partial charge in [-0.15, -0.1) is 0 Å². The van der Waals surface area contributed by atoms with E-state index in [-0.39, 0.29) is 17.1 Å². The molecule has 1 rings (SSSR count). The van der Waals surface area contributed by atoms with E-state index >= 15 is 0 Å². The molecule has 0 unspecified atom stereocenters. The maximum absolute atomic E-state index is 12.1. The molecule has 0 atom stereocenters. The van der Waals surface area contributed by atoms with Crippen LogP contribution in [0.25, 0.3) is 0 Å². The fourth-order valence-corrected chi connectivity index (χ4v) is 1.27. The molecule has 0 fully saturated rings. The summed E-state index contributed by atoms with van der Waals surface area (Å²) < 4.78 is 45.9. The number of carboxylic acid groups (broad SMARTS) is 1. The molecule has 0 aliphatic carbocycles. The summed E-state index contributed by atoms with van der Waals surface area (Å²) in [5.41, 5.74) is -0.340. The third kappa shape index (κ3) is 5.07. The first-order chi connectivity index (χ1) is 8.83. The SMILES string of the molecule is CCCOc1ccc(C(=O)O)c(OCC(F)(F)F)c1. The van der Waals surface area contributed by atoms with E-state index in [2.05, 4.69) is 4.74 Å². The van der Waals surface area contributed by atoms with Gasteiger partial charge in [0.2, 0.25) is 0 Å². The summed E-state index contributed by atoms with van der Waals surface area (Å²) in [6.07, 6.45) is -3.81. The third-order valence-electron chi connectivity index (χ3n) is 2.05. The Bertz CT molecular complexity index is 443. The minimum absolute atomic E-state index is 0.268. The van der Waals surface area contributed by atoms with Gasteiger partial charge in [-0.2, -0.15) is 13.2 Å². The van der Waals surface area contributed by atoms with Crippen molar-refractivity contribution in [1.82, 2.24) is 0 Å². The first-order valence-corrected chi connectivity index (χ1v) is 5.53. The Morgan fingerprint density at radius 2 is 2.00 bits per heavy atom. The van der Waals surface area contributed by atoms with Gasteiger partial charge in [0, 0.05) is 6.07 Å². The Hall–Kier alpha value is -1.92. The van der Waals surface area contributed by atoms with Crippen molar-refractivity contribution in [2.24, 2.45) is 0 Å². The Labute approximate surface area is 107 Å². The summed E-state index contributed by atoms with van der Waals surface area (Å²) in [5, 5.41) is 8.86. The van der Waals surface area contributed by atoms with Crippen LogP contribution in [0.15, 0.2) is 18.2 Å². The largest absolute Gasteiger partial charge is 0.493 e. The second kappa shape index (κ2) is 6.31. The number of ether oxygens (including phenoxy) is 2. The first kappa shape index (κ1) is 15.1. The van der Waals surface area contributed by atoms with Crippen LogP contribution in [-0.2, 0) is 0 Å². The molecule has 0 aromatic heterocycles. The van der Waals surface area contributed by atoms with E-state index in [1.165, 1.54) is 6.07 Å². The van der Waals surface area contributed by atoms with Crippen molar-refractivity contribution >= 4 is 5.97 Å². The van der Waals surface area contributed by atoms with Gasteiger partial charge in [-0.05, 0) is 18.6 Å². The molecule has 1 aromatic carbocycles. The highest BCUT2D eigenvalue weighted by Gasteiger charge is 2.29. The molecular formula is C12H13F3O4. The molecule has 7 heteroatoms. The molecule has 0 aliphatic rings. The zero-order valence-electron chi connectivity index (χ0n) is 10.2. The van der Waals surface area contributed by atoms with Crippen molar-refractivity contribution < 1.29 is 32.5 Å². The number of hydrogen-bond donors (Lipinski definition) is 1. The number of alkyl halides is 3. The summed E-state index contributed by atoms with van der Waals surface area (Å²) in [7, 11) is 0. The molecule has 1 aromatic rings. The van der Waals surface area contributed by atoms with E-state index in [1.807, 2.05) is 6.92 Å². The van der Waals surface area contributed by atoms with Gasteiger partial charge >= 0.3 is 12.1 Å². The molecule has 0 heterocycles. The van der Waals surface area contributed by atoms with Gasteiger partial charge in [-0.1, -0.05) is 6.92 Å². The zero-order valence-corrected chi connectivity index (χ0v) is 10.2. The first-order valence-electron chi connectivity index (χ1n) is 5.53. The molecule has 0 saturated carbocycles. The van der Waals surface area contributed by atoms with Gasteiger partial charge in [0.25, 0.3) is 0 Å². The monoisotopic (exact) mass is 278 g/mol. The fraction of sp³-hybridized carbons (Fsp3) is 0.417. The lowest BCUT2D eigenvalue weighted by Crippen LogP contribution is -2.20. The minimum Gasteiger partial charge on any atom is -0.493 e. The molecule has 0 amide bonds. The van der Waals surface area contributed by atoms with Gasteiger partial charge in [0.05, 0.1) is 6.61 Å². The van der Waals surface area contributed by atoms with Crippen LogP contribution < -0.4 is 9.47 Å². The summed E-state index contributed by atoms with van der Waals surface area (Å²) in [5.74, 6) is -1.46. The zero-order chi connectivity index (χ0) is 14.5. The predicted octanol–water partition coefficient (Wildman–Crippen LogP) is 3.11. The van der Waals surface area contributed by atoms with Gasteiger partial charge in [0.1, 0.15) is 17.1 Å². The molecule has 0 aliphatic heterocycles. The summed E-state index contributed by atoms with van der Waals surface area (Å²) in [4.78, 5) is 10.9. The van der Waals surface area contributed by atoms with Crippen LogP contribution in [0.4, 0.5) is 13.2 Å². The van der Waals surface area contributed by atoms with E-state index in [0.717, 1.165) is 18.6 Å². The second-order valence-electron chi connectivity index (χ2n) is 3.72. The van der Waals surface area contributed by atoms with Crippen molar-refractivity contribution in [2.75, 3.05) is 13.2 Å². The highest BCUT2D eigenvalue weighted by atomic mass is 19.4. The molecule has 19 heavy (non-hydrogen) atoms. The average molecular weight is 278 g/mol. The van der Waals surface area contributed by atoms with Crippen LogP contribution in [0.1, 0.15) is 23.7 Å². The maximum Gasteiger partial charge on any atom is 0.422 e. The lowest BCUT2D eigenvalue weighted by atomic mass is 10.2. The fourth-order valence-electron chi connectivity index (χ4n) is 1.27. The minimum atomic E-state index is -4.53. The Balaban J connectivity index is 2.92. The number of rotatable bonds is 6. The van der Waals surface area contributed by atoms with Crippen molar-refractivity contribution in [1.29, 1.82) is 0 Å². The lowest BCUT2D eigenvalue weighted by Gasteiger charge is -2.13. The molecule has 0 spiro atoms. The van der Waals surface area contributed by atoms with E-state index in [0.29, 0.717) is 6.61 Å². The molecule has 0 radical (unpaired) electrons. The van der Waals surface area contributed by atoms with Crippen LogP contribution in [0.5, 0.6) is 11.5 Å². The Kier molecular flexibility index (Phi) is 5.02. The number of benzene rings is 1. The van der Waals surface area contributed by atoms with Crippen molar-refractivity contribution in [2.45, 2.75) is 19.5 Å². The molecule has 0 saturated heterocycles. The summed E-state index contributed by atoms with van der Waals surface area (Å²) in [6, 6.07) is 3.67. The molecule has 1 N–H and O–H groups in total. The molecule has 0 bridgehead atoms. The molecule has 4 nitrogen and oxygen atoms in total. The average Bonchev–Trinajstić information content (AvgIpc) is 2.32. The van der Waals surface area contributed by atoms with Crippen molar-refractivity contribution in [3.63, 3.8) is 0 Å². The highest BCUT2D eigenvalue weighted by Crippen LogP contribution is 2.27. The van der Waals surface area contributed by atoms with Crippen molar-refractivity contribution in [3.8, 4) is 11.5 Å². The second-order valence-corrected chi connectivity index (χ2v) is 3.72. The normalized spacial score (nSPS) is 11.2. The number of halogens is 3. The highest BCUT2D eigenvalue weighted by molar-refractivity contribution is 5.91. The Morgan fingerprint density at radius 1 is 1.32 bits per heavy atom. The van der Waals surface area contributed by atoms with Gasteiger partial charge in [-0.25, -0.2) is 4.79 Å². The van der Waals surface area contributed by atoms with Gasteiger partial charge in [0.15, 0.2) is 6.61 Å². The van der Waals surface area contributed by atoms with Crippen molar-refractivity contribution in [3.05, 3.63) is 23.8 Å². The maximum atomic E-state index is 12.1. The van der Waals surface area contributed by atoms with Crippen LogP contribution in [0.2, 0.25) is 0 Å². The molecular weight excluding hydrogens is 265 g/mol. The number of carbonyl (C=O) groups is 1. The van der Waals surface area contributed by atoms with E-state index in [9.17, 15) is 18.0 Å². The van der Waals surface area contributed by atoms with E-state index in [1.54, 1.807) is 0 Å². The van der Waals surface area contributed by atoms with Gasteiger partial charge < -0.3 is 14.6 Å². The third-order valence-corrected chi connectivity index (χ3v) is 2.05.